The highest BCUT2D eigenvalue weighted by Gasteiger charge is 2.20. The van der Waals surface area contributed by atoms with Gasteiger partial charge in [0, 0.05) is 0 Å². The van der Waals surface area contributed by atoms with Crippen molar-refractivity contribution < 1.29 is 13.9 Å². The van der Waals surface area contributed by atoms with Gasteiger partial charge in [-0.3, -0.25) is 4.79 Å². The van der Waals surface area contributed by atoms with E-state index in [4.69, 9.17) is 4.74 Å². The first-order chi connectivity index (χ1) is 11.1. The third kappa shape index (κ3) is 5.57. The summed E-state index contributed by atoms with van der Waals surface area (Å²) < 4.78 is 17.7. The van der Waals surface area contributed by atoms with E-state index in [9.17, 15) is 9.18 Å². The second-order valence-corrected chi connectivity index (χ2v) is 7.14. The lowest BCUT2D eigenvalue weighted by Crippen LogP contribution is -2.11. The minimum absolute atomic E-state index is 0.199. The molecule has 0 saturated heterocycles. The maximum atomic E-state index is 13.0. The van der Waals surface area contributed by atoms with Gasteiger partial charge in [0.25, 0.3) is 0 Å². The lowest BCUT2D eigenvalue weighted by Gasteiger charge is -2.04. The van der Waals surface area contributed by atoms with Crippen molar-refractivity contribution in [1.82, 2.24) is 0 Å². The molecule has 0 aliphatic heterocycles. The van der Waals surface area contributed by atoms with Gasteiger partial charge in [-0.05, 0) is 42.8 Å². The van der Waals surface area contributed by atoms with Crippen LogP contribution in [0.3, 0.4) is 0 Å². The van der Waals surface area contributed by atoms with Crippen LogP contribution >= 0.6 is 0 Å². The Hall–Kier alpha value is -2.07. The lowest BCUT2D eigenvalue weighted by atomic mass is 10.2. The summed E-state index contributed by atoms with van der Waals surface area (Å²) in [4.78, 5) is 12.6. The highest BCUT2D eigenvalue weighted by molar-refractivity contribution is 7.99. The number of carbonyl (C=O) groups excluding carboxylic acids is 1. The quantitative estimate of drug-likeness (QED) is 0.581. The molecule has 1 unspecified atom stereocenters. The molecule has 0 heterocycles. The number of carbonyl (C=O) groups is 1. The Kier molecular flexibility index (Phi) is 6.41. The van der Waals surface area contributed by atoms with Gasteiger partial charge in [0.2, 0.25) is 0 Å². The van der Waals surface area contributed by atoms with E-state index in [0.717, 1.165) is 5.56 Å². The summed E-state index contributed by atoms with van der Waals surface area (Å²) in [6.07, 6.45) is 2.35. The SMILES string of the molecule is COC(=O)CC[S+](/C=C/c1ccc(F)cc1)c1ccc(C)cc1. The minimum atomic E-state index is -0.245. The van der Waals surface area contributed by atoms with Gasteiger partial charge in [0.15, 0.2) is 4.90 Å². The van der Waals surface area contributed by atoms with Crippen LogP contribution in [0.5, 0.6) is 0 Å². The first-order valence-electron chi connectivity index (χ1n) is 7.35. The fraction of sp³-hybridized carbons (Fsp3) is 0.211. The average Bonchev–Trinajstić information content (AvgIpc) is 2.57. The van der Waals surface area contributed by atoms with Crippen molar-refractivity contribution in [1.29, 1.82) is 0 Å². The summed E-state index contributed by atoms with van der Waals surface area (Å²) in [5.74, 6) is 0.253. The minimum Gasteiger partial charge on any atom is -0.469 e. The molecule has 0 radical (unpaired) electrons. The molecule has 2 aromatic carbocycles. The summed E-state index contributed by atoms with van der Waals surface area (Å²) in [6, 6.07) is 14.7. The predicted octanol–water partition coefficient (Wildman–Crippen LogP) is 4.35. The summed E-state index contributed by atoms with van der Waals surface area (Å²) in [7, 11) is 1.20. The summed E-state index contributed by atoms with van der Waals surface area (Å²) >= 11 is 0. The van der Waals surface area contributed by atoms with Gasteiger partial charge >= 0.3 is 5.97 Å². The molecule has 0 aliphatic rings. The zero-order chi connectivity index (χ0) is 16.7. The van der Waals surface area contributed by atoms with Crippen LogP contribution in [-0.4, -0.2) is 18.8 Å². The molecule has 120 valence electrons. The number of esters is 1. The molecule has 4 heteroatoms. The van der Waals surface area contributed by atoms with E-state index in [0.29, 0.717) is 12.2 Å². The van der Waals surface area contributed by atoms with Crippen molar-refractivity contribution in [2.45, 2.75) is 18.2 Å². The van der Waals surface area contributed by atoms with Crippen molar-refractivity contribution in [3.8, 4) is 0 Å². The summed E-state index contributed by atoms with van der Waals surface area (Å²) in [6.45, 7) is 2.05. The molecule has 0 aromatic heterocycles. The van der Waals surface area contributed by atoms with Gasteiger partial charge in [-0.1, -0.05) is 29.8 Å². The molecular formula is C19H20FO2S+. The van der Waals surface area contributed by atoms with Crippen molar-refractivity contribution in [2.75, 3.05) is 12.9 Å². The first kappa shape index (κ1) is 17.3. The fourth-order valence-corrected chi connectivity index (χ4v) is 3.73. The molecular weight excluding hydrogens is 311 g/mol. The summed E-state index contributed by atoms with van der Waals surface area (Å²) in [5, 5.41) is 2.08. The standard InChI is InChI=1S/C19H20FO2S/c1-15-3-9-18(10-4-15)23(14-12-19(21)22-2)13-11-16-5-7-17(20)8-6-16/h3-11,13H,12,14H2,1-2H3/q+1/b13-11+. The third-order valence-corrected chi connectivity index (χ3v) is 5.36. The van der Waals surface area contributed by atoms with Crippen LogP contribution in [0, 0.1) is 12.7 Å². The van der Waals surface area contributed by atoms with Gasteiger partial charge < -0.3 is 4.74 Å². The second-order valence-electron chi connectivity index (χ2n) is 5.13. The maximum Gasteiger partial charge on any atom is 0.310 e. The van der Waals surface area contributed by atoms with Crippen molar-refractivity contribution in [2.24, 2.45) is 0 Å². The van der Waals surface area contributed by atoms with E-state index >= 15 is 0 Å². The molecule has 2 nitrogen and oxygen atoms in total. The largest absolute Gasteiger partial charge is 0.469 e. The van der Waals surface area contributed by atoms with E-state index in [1.54, 1.807) is 12.1 Å². The molecule has 0 spiro atoms. The number of halogens is 1. The van der Waals surface area contributed by atoms with Gasteiger partial charge in [-0.2, -0.15) is 0 Å². The lowest BCUT2D eigenvalue weighted by molar-refractivity contribution is -0.140. The van der Waals surface area contributed by atoms with Crippen LogP contribution in [0.4, 0.5) is 4.39 Å². The second kappa shape index (κ2) is 8.53. The number of aryl methyl sites for hydroxylation is 1. The molecule has 0 fully saturated rings. The van der Waals surface area contributed by atoms with Crippen molar-refractivity contribution >= 4 is 22.9 Å². The van der Waals surface area contributed by atoms with E-state index in [-0.39, 0.29) is 22.7 Å². The van der Waals surface area contributed by atoms with E-state index < -0.39 is 0 Å². The molecule has 23 heavy (non-hydrogen) atoms. The number of benzene rings is 2. The van der Waals surface area contributed by atoms with Crippen LogP contribution in [0.15, 0.2) is 58.8 Å². The van der Waals surface area contributed by atoms with E-state index in [1.807, 2.05) is 13.0 Å². The van der Waals surface area contributed by atoms with Gasteiger partial charge in [0.1, 0.15) is 17.0 Å². The van der Waals surface area contributed by atoms with Gasteiger partial charge in [0.05, 0.1) is 24.4 Å². The monoisotopic (exact) mass is 331 g/mol. The Bertz CT molecular complexity index is 663. The topological polar surface area (TPSA) is 26.3 Å². The highest BCUT2D eigenvalue weighted by Crippen LogP contribution is 2.19. The molecule has 0 N–H and O–H groups in total. The molecule has 2 aromatic rings. The smallest absolute Gasteiger partial charge is 0.310 e. The Morgan fingerprint density at radius 3 is 2.39 bits per heavy atom. The average molecular weight is 331 g/mol. The normalized spacial score (nSPS) is 12.3. The van der Waals surface area contributed by atoms with Gasteiger partial charge in [-0.15, -0.1) is 0 Å². The summed E-state index contributed by atoms with van der Waals surface area (Å²) in [5.41, 5.74) is 2.14. The van der Waals surface area contributed by atoms with E-state index in [2.05, 4.69) is 29.7 Å². The number of hydrogen-bond acceptors (Lipinski definition) is 2. The zero-order valence-electron chi connectivity index (χ0n) is 13.3. The third-order valence-electron chi connectivity index (χ3n) is 3.37. The number of rotatable bonds is 6. The van der Waals surface area contributed by atoms with Crippen molar-refractivity contribution in [3.05, 3.63) is 70.9 Å². The number of ether oxygens (including phenoxy) is 1. The Morgan fingerprint density at radius 2 is 1.78 bits per heavy atom. The number of hydrogen-bond donors (Lipinski definition) is 0. The maximum absolute atomic E-state index is 13.0. The molecule has 0 aliphatic carbocycles. The fourth-order valence-electron chi connectivity index (χ4n) is 2.01. The Labute approximate surface area is 139 Å². The predicted molar refractivity (Wildman–Crippen MR) is 93.7 cm³/mol. The number of methoxy groups -OCH3 is 1. The van der Waals surface area contributed by atoms with Crippen molar-refractivity contribution in [3.63, 3.8) is 0 Å². The Morgan fingerprint density at radius 1 is 1.13 bits per heavy atom. The zero-order valence-corrected chi connectivity index (χ0v) is 14.1. The molecule has 1 atom stereocenters. The van der Waals surface area contributed by atoms with Crippen LogP contribution in [-0.2, 0) is 20.4 Å². The van der Waals surface area contributed by atoms with E-state index in [1.165, 1.54) is 29.7 Å². The molecule has 0 amide bonds. The highest BCUT2D eigenvalue weighted by atomic mass is 32.2. The van der Waals surface area contributed by atoms with Crippen LogP contribution < -0.4 is 0 Å². The van der Waals surface area contributed by atoms with Crippen LogP contribution in [0.2, 0.25) is 0 Å². The molecule has 0 bridgehead atoms. The molecule has 2 rings (SSSR count). The first-order valence-corrected chi connectivity index (χ1v) is 8.81. The van der Waals surface area contributed by atoms with Crippen LogP contribution in [0.25, 0.3) is 6.08 Å². The Balaban J connectivity index is 2.16. The van der Waals surface area contributed by atoms with Crippen LogP contribution in [0.1, 0.15) is 17.5 Å². The molecule has 0 saturated carbocycles. The van der Waals surface area contributed by atoms with Gasteiger partial charge in [-0.25, -0.2) is 4.39 Å².